The molecule has 0 atom stereocenters. The fraction of sp³-hybridized carbons (Fsp3) is 0. The van der Waals surface area contributed by atoms with Crippen LogP contribution in [-0.4, -0.2) is 11.5 Å². The number of rotatable bonds is 5. The number of nitrogens with two attached hydrogens (primary N) is 1. The van der Waals surface area contributed by atoms with Crippen LogP contribution >= 0.6 is 11.3 Å². The molecule has 0 aliphatic rings. The molecule has 12 aromatic rings. The van der Waals surface area contributed by atoms with Gasteiger partial charge in [-0.3, -0.25) is 0 Å². The van der Waals surface area contributed by atoms with Crippen molar-refractivity contribution >= 4 is 97.7 Å². The van der Waals surface area contributed by atoms with E-state index in [1.807, 2.05) is 53.8 Å². The number of nitrogens with zero attached hydrogens (tertiary/aromatic N) is 2. The number of furan rings is 2. The van der Waals surface area contributed by atoms with Crippen LogP contribution in [0.25, 0.3) is 97.1 Å². The monoisotopic (exact) mass is 787 g/mol. The Morgan fingerprint density at radius 3 is 1.90 bits per heavy atom. The van der Waals surface area contributed by atoms with Crippen LogP contribution in [0.5, 0.6) is 0 Å². The summed E-state index contributed by atoms with van der Waals surface area (Å²) in [5, 5.41) is 13.3. The maximum absolute atomic E-state index is 6.61. The molecule has 0 amide bonds. The van der Waals surface area contributed by atoms with Gasteiger partial charge in [-0.15, -0.1) is 11.3 Å². The first-order chi connectivity index (χ1) is 29.7. The topological polar surface area (TPSA) is 77.0 Å². The molecular formula is C54H33N3O2S. The summed E-state index contributed by atoms with van der Waals surface area (Å²) in [6.07, 6.45) is 0. The van der Waals surface area contributed by atoms with E-state index < -0.39 is 0 Å². The molecule has 0 bridgehead atoms. The first-order valence-electron chi connectivity index (χ1n) is 19.9. The van der Waals surface area contributed by atoms with Crippen LogP contribution in [0.4, 0.5) is 0 Å². The van der Waals surface area contributed by atoms with Gasteiger partial charge in [-0.1, -0.05) is 146 Å². The number of amidine groups is 1. The third kappa shape index (κ3) is 5.39. The summed E-state index contributed by atoms with van der Waals surface area (Å²) in [6.45, 7) is 0. The predicted molar refractivity (Wildman–Crippen MR) is 252 cm³/mol. The molecule has 5 nitrogen and oxygen atoms in total. The third-order valence-electron chi connectivity index (χ3n) is 11.7. The molecule has 2 N–H and O–H groups in total. The van der Waals surface area contributed by atoms with Crippen LogP contribution in [0.3, 0.4) is 0 Å². The standard InChI is InChI=1S/C54H33N3O2S/c55-57-54(43-19-9-22-46-52(43)51-41(17-8-21-45(51)59-46)40-18-10-24-49-50(40)42-15-4-6-23-48(42)60-49)56-53(35-29-30-39-38-14-3-5-20-44(38)58-47(39)31-35)34-27-25-33(26-28-34)37-16-7-12-32-11-1-2-13-36(32)37/h1-31H,55H2/b56-53?,57-54-. The molecule has 12 rings (SSSR count). The minimum atomic E-state index is 0.384. The number of fused-ring (bicyclic) bond motifs is 10. The normalized spacial score (nSPS) is 12.6. The van der Waals surface area contributed by atoms with Gasteiger partial charge >= 0.3 is 0 Å². The average Bonchev–Trinajstić information content (AvgIpc) is 4.00. The number of benzene rings is 9. The number of thiophene rings is 1. The van der Waals surface area contributed by atoms with E-state index in [1.165, 1.54) is 36.5 Å². The second kappa shape index (κ2) is 13.7. The maximum Gasteiger partial charge on any atom is 0.180 e. The van der Waals surface area contributed by atoms with Gasteiger partial charge in [-0.2, -0.15) is 5.10 Å². The zero-order chi connectivity index (χ0) is 39.7. The molecule has 6 heteroatoms. The third-order valence-corrected chi connectivity index (χ3v) is 12.8. The Kier molecular flexibility index (Phi) is 7.80. The second-order valence-corrected chi connectivity index (χ2v) is 16.1. The molecule has 0 aliphatic carbocycles. The van der Waals surface area contributed by atoms with Crippen LogP contribution in [-0.2, 0) is 0 Å². The van der Waals surface area contributed by atoms with Gasteiger partial charge in [-0.05, 0) is 75.5 Å². The van der Waals surface area contributed by atoms with E-state index in [9.17, 15) is 0 Å². The Labute approximate surface area is 347 Å². The van der Waals surface area contributed by atoms with E-state index in [0.717, 1.165) is 77.3 Å². The van der Waals surface area contributed by atoms with Crippen LogP contribution in [0, 0.1) is 0 Å². The predicted octanol–water partition coefficient (Wildman–Crippen LogP) is 14.5. The molecule has 0 unspecified atom stereocenters. The molecule has 0 saturated heterocycles. The summed E-state index contributed by atoms with van der Waals surface area (Å²) in [6, 6.07) is 65.4. The zero-order valence-electron chi connectivity index (χ0n) is 32.1. The zero-order valence-corrected chi connectivity index (χ0v) is 32.9. The van der Waals surface area contributed by atoms with Crippen LogP contribution in [0.2, 0.25) is 0 Å². The van der Waals surface area contributed by atoms with Crippen LogP contribution in [0.1, 0.15) is 16.7 Å². The fourth-order valence-electron chi connectivity index (χ4n) is 8.99. The Balaban J connectivity index is 1.06. The van der Waals surface area contributed by atoms with E-state index in [4.69, 9.17) is 19.7 Å². The van der Waals surface area contributed by atoms with Crippen LogP contribution in [0.15, 0.2) is 207 Å². The Morgan fingerprint density at radius 1 is 0.433 bits per heavy atom. The summed E-state index contributed by atoms with van der Waals surface area (Å²) < 4.78 is 15.5. The summed E-state index contributed by atoms with van der Waals surface area (Å²) in [5.74, 6) is 6.80. The minimum Gasteiger partial charge on any atom is -0.456 e. The van der Waals surface area contributed by atoms with Gasteiger partial charge in [0.1, 0.15) is 22.3 Å². The van der Waals surface area contributed by atoms with Gasteiger partial charge in [0.15, 0.2) is 5.84 Å². The highest BCUT2D eigenvalue weighted by molar-refractivity contribution is 7.25. The van der Waals surface area contributed by atoms with Gasteiger partial charge < -0.3 is 14.7 Å². The molecule has 0 saturated carbocycles. The molecule has 60 heavy (non-hydrogen) atoms. The van der Waals surface area contributed by atoms with E-state index in [-0.39, 0.29) is 0 Å². The van der Waals surface area contributed by atoms with E-state index in [2.05, 4.69) is 151 Å². The molecular weight excluding hydrogens is 755 g/mol. The molecule has 9 aromatic carbocycles. The summed E-state index contributed by atoms with van der Waals surface area (Å²) >= 11 is 1.81. The largest absolute Gasteiger partial charge is 0.456 e. The van der Waals surface area contributed by atoms with E-state index in [0.29, 0.717) is 11.5 Å². The lowest BCUT2D eigenvalue weighted by molar-refractivity contribution is 0.668. The van der Waals surface area contributed by atoms with Crippen molar-refractivity contribution in [3.8, 4) is 22.3 Å². The van der Waals surface area contributed by atoms with E-state index >= 15 is 0 Å². The van der Waals surface area contributed by atoms with Crippen molar-refractivity contribution in [1.29, 1.82) is 0 Å². The van der Waals surface area contributed by atoms with Gasteiger partial charge in [0, 0.05) is 58.4 Å². The molecule has 0 spiro atoms. The lowest BCUT2D eigenvalue weighted by Crippen LogP contribution is -2.10. The number of para-hydroxylation sites is 1. The number of hydrogen-bond acceptors (Lipinski definition) is 5. The summed E-state index contributed by atoms with van der Waals surface area (Å²) in [5.41, 5.74) is 10.9. The van der Waals surface area contributed by atoms with Crippen molar-refractivity contribution in [2.75, 3.05) is 0 Å². The molecule has 0 radical (unpaired) electrons. The van der Waals surface area contributed by atoms with Gasteiger partial charge in [0.05, 0.1) is 5.71 Å². The van der Waals surface area contributed by atoms with Crippen molar-refractivity contribution in [2.45, 2.75) is 0 Å². The summed E-state index contributed by atoms with van der Waals surface area (Å²) in [4.78, 5) is 5.40. The van der Waals surface area contributed by atoms with E-state index in [1.54, 1.807) is 0 Å². The number of hydrogen-bond donors (Lipinski definition) is 1. The van der Waals surface area contributed by atoms with Crippen molar-refractivity contribution in [1.82, 2.24) is 0 Å². The Bertz CT molecular complexity index is 3730. The minimum absolute atomic E-state index is 0.384. The molecule has 3 aromatic heterocycles. The fourth-order valence-corrected chi connectivity index (χ4v) is 10.1. The SMILES string of the molecule is N/N=C(\N=C(c1ccc(-c2cccc3ccccc23)cc1)c1ccc2c(c1)oc1ccccc12)c1cccc2oc3cccc(-c4cccc5sc6ccccc6c45)c3c12. The average molecular weight is 788 g/mol. The highest BCUT2D eigenvalue weighted by Crippen LogP contribution is 2.45. The lowest BCUT2D eigenvalue weighted by atomic mass is 9.94. The lowest BCUT2D eigenvalue weighted by Gasteiger charge is -2.12. The molecule has 0 aliphatic heterocycles. The highest BCUT2D eigenvalue weighted by atomic mass is 32.1. The van der Waals surface area contributed by atoms with Crippen molar-refractivity contribution < 1.29 is 8.83 Å². The molecule has 3 heterocycles. The number of aliphatic imine (C=N–C) groups is 1. The maximum atomic E-state index is 6.61. The Hall–Kier alpha value is -7.80. The molecule has 282 valence electrons. The Morgan fingerprint density at radius 2 is 1.03 bits per heavy atom. The highest BCUT2D eigenvalue weighted by Gasteiger charge is 2.22. The van der Waals surface area contributed by atoms with Crippen molar-refractivity contribution in [3.63, 3.8) is 0 Å². The summed E-state index contributed by atoms with van der Waals surface area (Å²) in [7, 11) is 0. The smallest absolute Gasteiger partial charge is 0.180 e. The number of hydrazone groups is 1. The van der Waals surface area contributed by atoms with Gasteiger partial charge in [0.25, 0.3) is 0 Å². The molecule has 0 fully saturated rings. The van der Waals surface area contributed by atoms with Crippen LogP contribution < -0.4 is 5.84 Å². The van der Waals surface area contributed by atoms with Crippen molar-refractivity contribution in [2.24, 2.45) is 15.9 Å². The van der Waals surface area contributed by atoms with Crippen molar-refractivity contribution in [3.05, 3.63) is 205 Å². The quantitative estimate of drug-likeness (QED) is 0.0817. The first-order valence-corrected chi connectivity index (χ1v) is 20.7. The van der Waals surface area contributed by atoms with Gasteiger partial charge in [0.2, 0.25) is 0 Å². The second-order valence-electron chi connectivity index (χ2n) is 15.1. The van der Waals surface area contributed by atoms with Gasteiger partial charge in [-0.25, -0.2) is 4.99 Å². The first kappa shape index (κ1) is 34.3.